The van der Waals surface area contributed by atoms with Crippen molar-refractivity contribution in [1.82, 2.24) is 10.3 Å². The molecule has 100 valence electrons. The first-order chi connectivity index (χ1) is 9.70. The van der Waals surface area contributed by atoms with Crippen molar-refractivity contribution in [2.45, 2.75) is 13.1 Å². The molecule has 2 aromatic rings. The Balaban J connectivity index is 1.98. The molecule has 6 nitrogen and oxygen atoms in total. The minimum absolute atomic E-state index is 0.0726. The monoisotopic (exact) mass is 268 g/mol. The van der Waals surface area contributed by atoms with E-state index in [2.05, 4.69) is 10.3 Å². The number of benzene rings is 1. The van der Waals surface area contributed by atoms with Gasteiger partial charge in [-0.15, -0.1) is 0 Å². The Bertz CT molecular complexity index is 664. The molecule has 0 unspecified atom stereocenters. The van der Waals surface area contributed by atoms with E-state index in [1.807, 2.05) is 18.2 Å². The maximum atomic E-state index is 10.7. The summed E-state index contributed by atoms with van der Waals surface area (Å²) in [7, 11) is 0. The number of aromatic nitrogens is 1. The number of hydrogen-bond acceptors (Lipinski definition) is 5. The smallest absolute Gasteiger partial charge is 0.269 e. The molecule has 20 heavy (non-hydrogen) atoms. The lowest BCUT2D eigenvalue weighted by Gasteiger charge is -2.06. The van der Waals surface area contributed by atoms with Gasteiger partial charge in [0.15, 0.2) is 0 Å². The van der Waals surface area contributed by atoms with E-state index in [9.17, 15) is 10.1 Å². The van der Waals surface area contributed by atoms with Crippen LogP contribution in [0.4, 0.5) is 5.69 Å². The van der Waals surface area contributed by atoms with E-state index in [4.69, 9.17) is 5.26 Å². The van der Waals surface area contributed by atoms with Crippen LogP contribution in [-0.4, -0.2) is 9.91 Å². The number of nitro benzene ring substituents is 1. The molecule has 2 rings (SSSR count). The maximum absolute atomic E-state index is 10.7. The second-order valence-corrected chi connectivity index (χ2v) is 4.15. The summed E-state index contributed by atoms with van der Waals surface area (Å²) < 4.78 is 0. The molecule has 1 heterocycles. The van der Waals surface area contributed by atoms with Gasteiger partial charge in [0, 0.05) is 37.0 Å². The number of nitro groups is 1. The summed E-state index contributed by atoms with van der Waals surface area (Å²) in [4.78, 5) is 14.2. The van der Waals surface area contributed by atoms with Crippen molar-refractivity contribution in [2.75, 3.05) is 0 Å². The average molecular weight is 268 g/mol. The zero-order chi connectivity index (χ0) is 14.4. The Morgan fingerprint density at radius 3 is 2.90 bits per heavy atom. The first-order valence-electron chi connectivity index (χ1n) is 5.99. The van der Waals surface area contributed by atoms with Crippen molar-refractivity contribution in [1.29, 1.82) is 5.26 Å². The van der Waals surface area contributed by atoms with Gasteiger partial charge >= 0.3 is 0 Å². The summed E-state index contributed by atoms with van der Waals surface area (Å²) in [6.45, 7) is 0.973. The molecule has 1 N–H and O–H groups in total. The minimum atomic E-state index is -0.418. The van der Waals surface area contributed by atoms with Crippen molar-refractivity contribution >= 4 is 5.69 Å². The normalized spacial score (nSPS) is 9.95. The summed E-state index contributed by atoms with van der Waals surface area (Å²) in [5.74, 6) is 0. The van der Waals surface area contributed by atoms with Crippen LogP contribution in [-0.2, 0) is 13.1 Å². The van der Waals surface area contributed by atoms with Crippen molar-refractivity contribution in [3.63, 3.8) is 0 Å². The molecule has 0 saturated carbocycles. The summed E-state index contributed by atoms with van der Waals surface area (Å²) in [5, 5.41) is 22.7. The molecule has 0 radical (unpaired) electrons. The van der Waals surface area contributed by atoms with Crippen LogP contribution in [0.2, 0.25) is 0 Å². The molecule has 0 amide bonds. The largest absolute Gasteiger partial charge is 0.309 e. The number of nitrogens with one attached hydrogen (secondary N) is 1. The van der Waals surface area contributed by atoms with E-state index in [0.717, 1.165) is 11.1 Å². The molecule has 0 spiro atoms. The number of nitrogens with zero attached hydrogens (tertiary/aromatic N) is 3. The summed E-state index contributed by atoms with van der Waals surface area (Å²) in [6, 6.07) is 12.1. The van der Waals surface area contributed by atoms with Gasteiger partial charge in [0.1, 0.15) is 11.8 Å². The Labute approximate surface area is 115 Å². The maximum Gasteiger partial charge on any atom is 0.269 e. The fraction of sp³-hybridized carbons (Fsp3) is 0.143. The molecular weight excluding hydrogens is 256 g/mol. The highest BCUT2D eigenvalue weighted by Crippen LogP contribution is 2.13. The molecule has 6 heteroatoms. The van der Waals surface area contributed by atoms with E-state index in [0.29, 0.717) is 18.8 Å². The predicted molar refractivity (Wildman–Crippen MR) is 72.6 cm³/mol. The number of nitriles is 1. The number of hydrogen-bond donors (Lipinski definition) is 1. The lowest BCUT2D eigenvalue weighted by Crippen LogP contribution is -2.14. The molecule has 0 aliphatic rings. The third-order valence-electron chi connectivity index (χ3n) is 2.76. The second kappa shape index (κ2) is 6.41. The first-order valence-corrected chi connectivity index (χ1v) is 5.99. The van der Waals surface area contributed by atoms with Crippen molar-refractivity contribution in [3.8, 4) is 6.07 Å². The fourth-order valence-electron chi connectivity index (χ4n) is 1.80. The molecule has 0 atom stereocenters. The van der Waals surface area contributed by atoms with E-state index in [1.54, 1.807) is 18.3 Å². The molecule has 0 aliphatic heterocycles. The number of rotatable bonds is 5. The van der Waals surface area contributed by atoms with Gasteiger partial charge in [-0.3, -0.25) is 10.1 Å². The zero-order valence-electron chi connectivity index (χ0n) is 10.6. The quantitative estimate of drug-likeness (QED) is 0.662. The van der Waals surface area contributed by atoms with Gasteiger partial charge in [-0.25, -0.2) is 4.98 Å². The lowest BCUT2D eigenvalue weighted by molar-refractivity contribution is -0.384. The third-order valence-corrected chi connectivity index (χ3v) is 2.76. The summed E-state index contributed by atoms with van der Waals surface area (Å²) in [5.41, 5.74) is 2.09. The Morgan fingerprint density at radius 1 is 1.30 bits per heavy atom. The Morgan fingerprint density at radius 2 is 2.15 bits per heavy atom. The van der Waals surface area contributed by atoms with Crippen LogP contribution in [0, 0.1) is 21.4 Å². The topological polar surface area (TPSA) is 91.8 Å². The summed E-state index contributed by atoms with van der Waals surface area (Å²) in [6.07, 6.45) is 1.57. The van der Waals surface area contributed by atoms with Crippen LogP contribution in [0.3, 0.4) is 0 Å². The molecule has 0 saturated heterocycles. The second-order valence-electron chi connectivity index (χ2n) is 4.15. The van der Waals surface area contributed by atoms with Crippen LogP contribution in [0.5, 0.6) is 0 Å². The van der Waals surface area contributed by atoms with Crippen LogP contribution in [0.1, 0.15) is 16.8 Å². The van der Waals surface area contributed by atoms with Gasteiger partial charge in [-0.05, 0) is 11.6 Å². The van der Waals surface area contributed by atoms with E-state index < -0.39 is 4.92 Å². The van der Waals surface area contributed by atoms with Crippen molar-refractivity contribution < 1.29 is 4.92 Å². The van der Waals surface area contributed by atoms with Gasteiger partial charge < -0.3 is 5.32 Å². The van der Waals surface area contributed by atoms with E-state index in [-0.39, 0.29) is 5.69 Å². The predicted octanol–water partition coefficient (Wildman–Crippen LogP) is 2.15. The minimum Gasteiger partial charge on any atom is -0.309 e. The molecule has 0 aliphatic carbocycles. The number of non-ortho nitro benzene ring substituents is 1. The highest BCUT2D eigenvalue weighted by atomic mass is 16.6. The van der Waals surface area contributed by atoms with Gasteiger partial charge in [0.2, 0.25) is 0 Å². The lowest BCUT2D eigenvalue weighted by atomic mass is 10.1. The van der Waals surface area contributed by atoms with Crippen LogP contribution in [0.15, 0.2) is 42.6 Å². The highest BCUT2D eigenvalue weighted by Gasteiger charge is 2.06. The molecular formula is C14H12N4O2. The van der Waals surface area contributed by atoms with Crippen LogP contribution < -0.4 is 5.32 Å². The summed E-state index contributed by atoms with van der Waals surface area (Å²) >= 11 is 0. The van der Waals surface area contributed by atoms with Gasteiger partial charge in [0.25, 0.3) is 5.69 Å². The number of pyridine rings is 1. The SMILES string of the molecule is N#Cc1ncccc1CNCc1cccc([N+](=O)[O-])c1. The van der Waals surface area contributed by atoms with E-state index in [1.165, 1.54) is 12.1 Å². The van der Waals surface area contributed by atoms with Gasteiger partial charge in [0.05, 0.1) is 4.92 Å². The van der Waals surface area contributed by atoms with Crippen molar-refractivity contribution in [3.05, 3.63) is 69.5 Å². The molecule has 0 bridgehead atoms. The molecule has 0 fully saturated rings. The van der Waals surface area contributed by atoms with Gasteiger partial charge in [-0.2, -0.15) is 5.26 Å². The van der Waals surface area contributed by atoms with Crippen LogP contribution >= 0.6 is 0 Å². The zero-order valence-corrected chi connectivity index (χ0v) is 10.6. The molecule has 1 aromatic carbocycles. The Kier molecular flexibility index (Phi) is 4.37. The van der Waals surface area contributed by atoms with Crippen molar-refractivity contribution in [2.24, 2.45) is 0 Å². The van der Waals surface area contributed by atoms with Crippen LogP contribution in [0.25, 0.3) is 0 Å². The van der Waals surface area contributed by atoms with Gasteiger partial charge in [-0.1, -0.05) is 18.2 Å². The van der Waals surface area contributed by atoms with E-state index >= 15 is 0 Å². The average Bonchev–Trinajstić information content (AvgIpc) is 2.48. The fourth-order valence-corrected chi connectivity index (χ4v) is 1.80. The first kappa shape index (κ1) is 13.6. The highest BCUT2D eigenvalue weighted by molar-refractivity contribution is 5.34. The molecule has 1 aromatic heterocycles. The standard InChI is InChI=1S/C14H12N4O2/c15-8-14-12(4-2-6-17-14)10-16-9-11-3-1-5-13(7-11)18(19)20/h1-7,16H,9-10H2. The third kappa shape index (κ3) is 3.37. The Hall–Kier alpha value is -2.78.